The molecule has 2 aromatic rings. The Kier molecular flexibility index (Phi) is 3.32. The van der Waals surface area contributed by atoms with Crippen LogP contribution in [-0.4, -0.2) is 19.7 Å². The van der Waals surface area contributed by atoms with Crippen LogP contribution in [0, 0.1) is 5.95 Å². The van der Waals surface area contributed by atoms with Gasteiger partial charge in [-0.15, -0.1) is 0 Å². The Morgan fingerprint density at radius 1 is 1.35 bits per heavy atom. The van der Waals surface area contributed by atoms with Crippen LogP contribution in [0.4, 0.5) is 4.39 Å². The van der Waals surface area contributed by atoms with Crippen molar-refractivity contribution in [3.8, 4) is 5.75 Å². The van der Waals surface area contributed by atoms with Gasteiger partial charge in [0.2, 0.25) is 5.95 Å². The van der Waals surface area contributed by atoms with Crippen LogP contribution in [0.3, 0.4) is 0 Å². The summed E-state index contributed by atoms with van der Waals surface area (Å²) in [7, 11) is 0. The minimum Gasteiger partial charge on any atom is -0.484 e. The van der Waals surface area contributed by atoms with E-state index in [-0.39, 0.29) is 12.6 Å². The van der Waals surface area contributed by atoms with E-state index in [1.807, 2.05) is 13.8 Å². The summed E-state index contributed by atoms with van der Waals surface area (Å²) in [6, 6.07) is 3.00. The molecule has 0 aliphatic heterocycles. The maximum absolute atomic E-state index is 12.6. The van der Waals surface area contributed by atoms with E-state index in [4.69, 9.17) is 4.74 Å². The number of hydrogen-bond acceptors (Lipinski definition) is 4. The van der Waals surface area contributed by atoms with Gasteiger partial charge in [0.25, 0.3) is 0 Å². The highest BCUT2D eigenvalue weighted by Gasteiger charge is 2.08. The molecule has 90 valence electrons. The smallest absolute Gasteiger partial charge is 0.213 e. The Hall–Kier alpha value is -1.98. The van der Waals surface area contributed by atoms with Crippen molar-refractivity contribution in [2.75, 3.05) is 0 Å². The van der Waals surface area contributed by atoms with E-state index in [1.165, 1.54) is 24.7 Å². The average Bonchev–Trinajstić information content (AvgIpc) is 2.76. The van der Waals surface area contributed by atoms with Crippen LogP contribution in [-0.2, 0) is 6.61 Å². The number of halogens is 1. The van der Waals surface area contributed by atoms with Crippen LogP contribution >= 0.6 is 0 Å². The molecule has 0 fully saturated rings. The van der Waals surface area contributed by atoms with E-state index in [9.17, 15) is 4.39 Å². The summed E-state index contributed by atoms with van der Waals surface area (Å²) >= 11 is 0. The molecule has 0 aliphatic rings. The number of rotatable bonds is 4. The summed E-state index contributed by atoms with van der Waals surface area (Å²) in [6.45, 7) is 4.31. The first kappa shape index (κ1) is 11.5. The van der Waals surface area contributed by atoms with Gasteiger partial charge in [-0.05, 0) is 26.0 Å². The van der Waals surface area contributed by atoms with Gasteiger partial charge < -0.3 is 4.74 Å². The van der Waals surface area contributed by atoms with Crippen LogP contribution in [0.2, 0.25) is 0 Å². The fraction of sp³-hybridized carbons (Fsp3) is 0.364. The zero-order valence-corrected chi connectivity index (χ0v) is 9.67. The number of nitrogens with zero attached hydrogens (tertiary/aromatic N) is 4. The number of pyridine rings is 1. The van der Waals surface area contributed by atoms with Crippen molar-refractivity contribution in [1.82, 2.24) is 19.7 Å². The fourth-order valence-electron chi connectivity index (χ4n) is 1.40. The standard InChI is InChI=1S/C11H13FN4O/c1-8(2)16-11(14-7-15-16)6-17-9-3-4-10(12)13-5-9/h3-5,7-8H,6H2,1-2H3. The molecule has 17 heavy (non-hydrogen) atoms. The molecule has 0 bridgehead atoms. The maximum atomic E-state index is 12.6. The van der Waals surface area contributed by atoms with Gasteiger partial charge in [0, 0.05) is 6.04 Å². The van der Waals surface area contributed by atoms with Crippen LogP contribution < -0.4 is 4.74 Å². The number of ether oxygens (including phenoxy) is 1. The lowest BCUT2D eigenvalue weighted by atomic mass is 10.4. The van der Waals surface area contributed by atoms with Gasteiger partial charge in [0.15, 0.2) is 5.82 Å². The minimum absolute atomic E-state index is 0.224. The second-order valence-electron chi connectivity index (χ2n) is 3.82. The van der Waals surface area contributed by atoms with Crippen molar-refractivity contribution in [2.45, 2.75) is 26.5 Å². The predicted molar refractivity (Wildman–Crippen MR) is 58.9 cm³/mol. The number of aromatic nitrogens is 4. The summed E-state index contributed by atoms with van der Waals surface area (Å²) in [5, 5.41) is 4.09. The molecule has 2 aromatic heterocycles. The van der Waals surface area contributed by atoms with Crippen molar-refractivity contribution in [2.24, 2.45) is 0 Å². The molecular formula is C11H13FN4O. The lowest BCUT2D eigenvalue weighted by Gasteiger charge is -2.10. The highest BCUT2D eigenvalue weighted by atomic mass is 19.1. The molecule has 0 amide bonds. The van der Waals surface area contributed by atoms with E-state index < -0.39 is 5.95 Å². The number of hydrogen-bond donors (Lipinski definition) is 0. The van der Waals surface area contributed by atoms with Gasteiger partial charge in [0.1, 0.15) is 18.7 Å². The van der Waals surface area contributed by atoms with E-state index in [2.05, 4.69) is 15.1 Å². The third-order valence-corrected chi connectivity index (χ3v) is 2.20. The first-order valence-corrected chi connectivity index (χ1v) is 5.29. The van der Waals surface area contributed by atoms with Crippen LogP contribution in [0.25, 0.3) is 0 Å². The van der Waals surface area contributed by atoms with Crippen molar-refractivity contribution < 1.29 is 9.13 Å². The molecule has 0 spiro atoms. The Morgan fingerprint density at radius 3 is 2.82 bits per heavy atom. The topological polar surface area (TPSA) is 52.8 Å². The molecule has 0 aliphatic carbocycles. The lowest BCUT2D eigenvalue weighted by Crippen LogP contribution is -2.10. The third-order valence-electron chi connectivity index (χ3n) is 2.20. The van der Waals surface area contributed by atoms with Gasteiger partial charge >= 0.3 is 0 Å². The molecule has 0 N–H and O–H groups in total. The molecule has 0 radical (unpaired) electrons. The maximum Gasteiger partial charge on any atom is 0.213 e. The molecule has 2 heterocycles. The van der Waals surface area contributed by atoms with Gasteiger partial charge in [-0.25, -0.2) is 14.6 Å². The molecule has 6 heteroatoms. The highest BCUT2D eigenvalue weighted by molar-refractivity contribution is 5.16. The lowest BCUT2D eigenvalue weighted by molar-refractivity contribution is 0.280. The summed E-state index contributed by atoms with van der Waals surface area (Å²) in [4.78, 5) is 7.60. The average molecular weight is 236 g/mol. The zero-order valence-electron chi connectivity index (χ0n) is 9.67. The second kappa shape index (κ2) is 4.90. The molecule has 0 aromatic carbocycles. The molecule has 0 saturated heterocycles. The van der Waals surface area contributed by atoms with E-state index in [1.54, 1.807) is 4.68 Å². The van der Waals surface area contributed by atoms with Crippen LogP contribution in [0.15, 0.2) is 24.7 Å². The van der Waals surface area contributed by atoms with Gasteiger partial charge in [-0.3, -0.25) is 0 Å². The SMILES string of the molecule is CC(C)n1ncnc1COc1ccc(F)nc1. The zero-order chi connectivity index (χ0) is 12.3. The summed E-state index contributed by atoms with van der Waals surface area (Å²) in [6.07, 6.45) is 2.83. The normalized spacial score (nSPS) is 10.8. The predicted octanol–water partition coefficient (Wildman–Crippen LogP) is 1.97. The summed E-state index contributed by atoms with van der Waals surface area (Å²) in [5.74, 6) is 0.705. The van der Waals surface area contributed by atoms with Crippen molar-refractivity contribution >= 4 is 0 Å². The minimum atomic E-state index is -0.525. The molecule has 0 saturated carbocycles. The highest BCUT2D eigenvalue weighted by Crippen LogP contribution is 2.12. The first-order chi connectivity index (χ1) is 8.16. The Balaban J connectivity index is 2.02. The van der Waals surface area contributed by atoms with Gasteiger partial charge in [-0.2, -0.15) is 9.49 Å². The Morgan fingerprint density at radius 2 is 2.18 bits per heavy atom. The van der Waals surface area contributed by atoms with Crippen LogP contribution in [0.5, 0.6) is 5.75 Å². The molecular weight excluding hydrogens is 223 g/mol. The van der Waals surface area contributed by atoms with Gasteiger partial charge in [-0.1, -0.05) is 0 Å². The second-order valence-corrected chi connectivity index (χ2v) is 3.82. The Bertz CT molecular complexity index is 480. The van der Waals surface area contributed by atoms with E-state index >= 15 is 0 Å². The monoisotopic (exact) mass is 236 g/mol. The fourth-order valence-corrected chi connectivity index (χ4v) is 1.40. The van der Waals surface area contributed by atoms with Crippen LogP contribution in [0.1, 0.15) is 25.7 Å². The molecule has 0 atom stereocenters. The molecule has 0 unspecified atom stereocenters. The van der Waals surface area contributed by atoms with Crippen molar-refractivity contribution in [3.05, 3.63) is 36.4 Å². The largest absolute Gasteiger partial charge is 0.484 e. The van der Waals surface area contributed by atoms with E-state index in [0.717, 1.165) is 5.82 Å². The quantitative estimate of drug-likeness (QED) is 0.761. The summed E-state index contributed by atoms with van der Waals surface area (Å²) < 4.78 is 19.8. The molecule has 5 nitrogen and oxygen atoms in total. The van der Waals surface area contributed by atoms with E-state index in [0.29, 0.717) is 5.75 Å². The Labute approximate surface area is 98.3 Å². The van der Waals surface area contributed by atoms with Crippen molar-refractivity contribution in [1.29, 1.82) is 0 Å². The third kappa shape index (κ3) is 2.77. The first-order valence-electron chi connectivity index (χ1n) is 5.29. The summed E-state index contributed by atoms with van der Waals surface area (Å²) in [5.41, 5.74) is 0. The van der Waals surface area contributed by atoms with Crippen molar-refractivity contribution in [3.63, 3.8) is 0 Å². The van der Waals surface area contributed by atoms with Gasteiger partial charge in [0.05, 0.1) is 6.20 Å². The molecule has 2 rings (SSSR count).